The molecule has 0 fully saturated rings. The van der Waals surface area contributed by atoms with Crippen molar-refractivity contribution >= 4 is 5.69 Å². The lowest BCUT2D eigenvalue weighted by Crippen LogP contribution is -2.12. The van der Waals surface area contributed by atoms with Gasteiger partial charge in [0.15, 0.2) is 0 Å². The van der Waals surface area contributed by atoms with Gasteiger partial charge < -0.3 is 20.1 Å². The standard InChI is InChI=1S/C14H19N3O3/c1-4-19-12(8(2)3)13-16-14(20-17-13)9-5-6-11(18)10(15)7-9/h5-8,12,18H,4,15H2,1-3H3. The molecular weight excluding hydrogens is 258 g/mol. The van der Waals surface area contributed by atoms with Gasteiger partial charge in [-0.15, -0.1) is 0 Å². The largest absolute Gasteiger partial charge is 0.506 e. The van der Waals surface area contributed by atoms with Gasteiger partial charge in [0.2, 0.25) is 5.82 Å². The van der Waals surface area contributed by atoms with Crippen molar-refractivity contribution in [2.24, 2.45) is 5.92 Å². The second-order valence-corrected chi connectivity index (χ2v) is 4.85. The third-order valence-electron chi connectivity index (χ3n) is 2.92. The summed E-state index contributed by atoms with van der Waals surface area (Å²) in [6, 6.07) is 4.77. The Kier molecular flexibility index (Phi) is 4.24. The predicted octanol–water partition coefficient (Wildman–Crippen LogP) is 2.76. The van der Waals surface area contributed by atoms with Crippen LogP contribution < -0.4 is 5.73 Å². The lowest BCUT2D eigenvalue weighted by atomic mass is 10.1. The van der Waals surface area contributed by atoms with Gasteiger partial charge >= 0.3 is 0 Å². The maximum atomic E-state index is 9.42. The highest BCUT2D eigenvalue weighted by molar-refractivity contribution is 5.64. The average molecular weight is 277 g/mol. The summed E-state index contributed by atoms with van der Waals surface area (Å²) in [6.45, 7) is 6.58. The molecule has 0 saturated carbocycles. The Hall–Kier alpha value is -2.08. The lowest BCUT2D eigenvalue weighted by Gasteiger charge is -2.16. The zero-order chi connectivity index (χ0) is 14.7. The third kappa shape index (κ3) is 2.91. The zero-order valence-corrected chi connectivity index (χ0v) is 11.8. The van der Waals surface area contributed by atoms with Gasteiger partial charge in [0, 0.05) is 12.2 Å². The summed E-state index contributed by atoms with van der Waals surface area (Å²) in [4.78, 5) is 4.35. The van der Waals surface area contributed by atoms with E-state index < -0.39 is 0 Å². The van der Waals surface area contributed by atoms with Crippen LogP contribution in [-0.4, -0.2) is 21.9 Å². The summed E-state index contributed by atoms with van der Waals surface area (Å²) < 4.78 is 10.9. The molecule has 3 N–H and O–H groups in total. The van der Waals surface area contributed by atoms with Crippen LogP contribution in [0.1, 0.15) is 32.7 Å². The minimum Gasteiger partial charge on any atom is -0.506 e. The molecule has 6 nitrogen and oxygen atoms in total. The highest BCUT2D eigenvalue weighted by Crippen LogP contribution is 2.29. The Labute approximate surface area is 117 Å². The summed E-state index contributed by atoms with van der Waals surface area (Å²) in [5.41, 5.74) is 6.59. The monoisotopic (exact) mass is 277 g/mol. The molecule has 2 aromatic rings. The summed E-state index contributed by atoms with van der Waals surface area (Å²) in [6.07, 6.45) is -0.202. The van der Waals surface area contributed by atoms with Crippen molar-refractivity contribution in [2.45, 2.75) is 26.9 Å². The van der Waals surface area contributed by atoms with E-state index in [0.717, 1.165) is 0 Å². The van der Waals surface area contributed by atoms with E-state index in [-0.39, 0.29) is 23.5 Å². The van der Waals surface area contributed by atoms with E-state index in [0.29, 0.717) is 23.9 Å². The molecule has 1 aromatic heterocycles. The van der Waals surface area contributed by atoms with E-state index in [9.17, 15) is 5.11 Å². The van der Waals surface area contributed by atoms with Crippen molar-refractivity contribution in [1.82, 2.24) is 10.1 Å². The van der Waals surface area contributed by atoms with Gasteiger partial charge in [-0.25, -0.2) is 0 Å². The number of phenolic OH excluding ortho intramolecular Hbond substituents is 1. The van der Waals surface area contributed by atoms with Crippen LogP contribution in [0.2, 0.25) is 0 Å². The van der Waals surface area contributed by atoms with Crippen LogP contribution in [0.3, 0.4) is 0 Å². The third-order valence-corrected chi connectivity index (χ3v) is 2.92. The second kappa shape index (κ2) is 5.92. The Morgan fingerprint density at radius 2 is 2.15 bits per heavy atom. The minimum atomic E-state index is -0.202. The quantitative estimate of drug-likeness (QED) is 0.644. The van der Waals surface area contributed by atoms with Crippen molar-refractivity contribution in [1.29, 1.82) is 0 Å². The molecule has 0 aliphatic heterocycles. The summed E-state index contributed by atoms with van der Waals surface area (Å²) >= 11 is 0. The first kappa shape index (κ1) is 14.3. The number of hydrogen-bond donors (Lipinski definition) is 2. The number of hydrogen-bond acceptors (Lipinski definition) is 6. The number of benzene rings is 1. The number of nitrogen functional groups attached to an aromatic ring is 1. The van der Waals surface area contributed by atoms with Crippen molar-refractivity contribution < 1.29 is 14.4 Å². The van der Waals surface area contributed by atoms with Crippen molar-refractivity contribution in [3.05, 3.63) is 24.0 Å². The molecule has 1 atom stereocenters. The number of nitrogens with two attached hydrogens (primary N) is 1. The van der Waals surface area contributed by atoms with Gasteiger partial charge in [-0.2, -0.15) is 4.98 Å². The Balaban J connectivity index is 2.29. The van der Waals surface area contributed by atoms with E-state index in [2.05, 4.69) is 10.1 Å². The average Bonchev–Trinajstić information content (AvgIpc) is 2.88. The van der Waals surface area contributed by atoms with Crippen LogP contribution in [0.4, 0.5) is 5.69 Å². The smallest absolute Gasteiger partial charge is 0.258 e. The van der Waals surface area contributed by atoms with E-state index in [1.54, 1.807) is 12.1 Å². The zero-order valence-electron chi connectivity index (χ0n) is 11.8. The van der Waals surface area contributed by atoms with Crippen LogP contribution in [-0.2, 0) is 4.74 Å². The predicted molar refractivity (Wildman–Crippen MR) is 75.0 cm³/mol. The first-order valence-electron chi connectivity index (χ1n) is 6.57. The van der Waals surface area contributed by atoms with E-state index in [1.807, 2.05) is 20.8 Å². The maximum absolute atomic E-state index is 9.42. The number of anilines is 1. The number of phenols is 1. The fraction of sp³-hybridized carbons (Fsp3) is 0.429. The number of rotatable bonds is 5. The summed E-state index contributed by atoms with van der Waals surface area (Å²) in [7, 11) is 0. The molecule has 108 valence electrons. The molecule has 1 unspecified atom stereocenters. The van der Waals surface area contributed by atoms with E-state index in [1.165, 1.54) is 6.07 Å². The van der Waals surface area contributed by atoms with Crippen LogP contribution in [0, 0.1) is 5.92 Å². The van der Waals surface area contributed by atoms with Gasteiger partial charge in [0.1, 0.15) is 11.9 Å². The second-order valence-electron chi connectivity index (χ2n) is 4.85. The molecule has 0 aliphatic carbocycles. The fourth-order valence-corrected chi connectivity index (χ4v) is 1.90. The van der Waals surface area contributed by atoms with Crippen molar-refractivity contribution in [3.63, 3.8) is 0 Å². The molecule has 0 radical (unpaired) electrons. The highest BCUT2D eigenvalue weighted by atomic mass is 16.5. The lowest BCUT2D eigenvalue weighted by molar-refractivity contribution is 0.0217. The topological polar surface area (TPSA) is 94.4 Å². The number of ether oxygens (including phenoxy) is 1. The Morgan fingerprint density at radius 1 is 1.40 bits per heavy atom. The van der Waals surface area contributed by atoms with E-state index >= 15 is 0 Å². The van der Waals surface area contributed by atoms with Crippen molar-refractivity contribution in [3.8, 4) is 17.2 Å². The summed E-state index contributed by atoms with van der Waals surface area (Å²) in [5, 5.41) is 13.4. The van der Waals surface area contributed by atoms with Crippen molar-refractivity contribution in [2.75, 3.05) is 12.3 Å². The molecule has 0 saturated heterocycles. The van der Waals surface area contributed by atoms with Crippen LogP contribution in [0.25, 0.3) is 11.5 Å². The molecule has 20 heavy (non-hydrogen) atoms. The molecule has 0 spiro atoms. The molecule has 1 heterocycles. The molecule has 2 rings (SSSR count). The molecule has 6 heteroatoms. The van der Waals surface area contributed by atoms with Crippen LogP contribution >= 0.6 is 0 Å². The SMILES string of the molecule is CCOC(c1noc(-c2ccc(O)c(N)c2)n1)C(C)C. The number of nitrogens with zero attached hydrogens (tertiary/aromatic N) is 2. The first-order chi connectivity index (χ1) is 9.52. The van der Waals surface area contributed by atoms with Gasteiger partial charge in [-0.1, -0.05) is 19.0 Å². The van der Waals surface area contributed by atoms with Gasteiger partial charge in [-0.05, 0) is 31.0 Å². The maximum Gasteiger partial charge on any atom is 0.258 e. The molecule has 0 aliphatic rings. The van der Waals surface area contributed by atoms with E-state index in [4.69, 9.17) is 15.0 Å². The molecule has 0 bridgehead atoms. The normalized spacial score (nSPS) is 12.8. The van der Waals surface area contributed by atoms with Crippen LogP contribution in [0.5, 0.6) is 5.75 Å². The molecule has 1 aromatic carbocycles. The summed E-state index contributed by atoms with van der Waals surface area (Å²) in [5.74, 6) is 1.15. The van der Waals surface area contributed by atoms with Gasteiger partial charge in [-0.3, -0.25) is 0 Å². The fourth-order valence-electron chi connectivity index (χ4n) is 1.90. The van der Waals surface area contributed by atoms with Gasteiger partial charge in [0.25, 0.3) is 5.89 Å². The Morgan fingerprint density at radius 3 is 2.75 bits per heavy atom. The highest BCUT2D eigenvalue weighted by Gasteiger charge is 2.22. The van der Waals surface area contributed by atoms with Crippen LogP contribution in [0.15, 0.2) is 22.7 Å². The Bertz CT molecular complexity index is 581. The first-order valence-corrected chi connectivity index (χ1v) is 6.57. The number of aromatic nitrogens is 2. The van der Waals surface area contributed by atoms with Gasteiger partial charge in [0.05, 0.1) is 5.69 Å². The molecule has 0 amide bonds. The minimum absolute atomic E-state index is 0.0304. The molecular formula is C14H19N3O3. The number of aromatic hydroxyl groups is 1.